The van der Waals surface area contributed by atoms with Gasteiger partial charge in [-0.15, -0.1) is 0 Å². The molecule has 0 unspecified atom stereocenters. The molecule has 1 aromatic heterocycles. The molecule has 2 heterocycles. The fourth-order valence-corrected chi connectivity index (χ4v) is 4.94. The lowest BCUT2D eigenvalue weighted by Crippen LogP contribution is -2.48. The topological polar surface area (TPSA) is 77.3 Å². The zero-order valence-electron chi connectivity index (χ0n) is 15.3. The zero-order chi connectivity index (χ0) is 19.6. The summed E-state index contributed by atoms with van der Waals surface area (Å²) >= 11 is 0. The second kappa shape index (κ2) is 7.68. The number of aromatic nitrogens is 1. The van der Waals surface area contributed by atoms with Gasteiger partial charge in [0.15, 0.2) is 0 Å². The van der Waals surface area contributed by atoms with E-state index in [4.69, 9.17) is 5.26 Å². The highest BCUT2D eigenvalue weighted by Gasteiger charge is 2.28. The number of rotatable bonds is 4. The van der Waals surface area contributed by atoms with Crippen LogP contribution in [0.1, 0.15) is 11.1 Å². The number of fused-ring (bicyclic) bond motifs is 1. The van der Waals surface area contributed by atoms with Crippen LogP contribution in [0.3, 0.4) is 0 Å². The fourth-order valence-electron chi connectivity index (χ4n) is 3.51. The summed E-state index contributed by atoms with van der Waals surface area (Å²) in [5.74, 6) is 0. The third-order valence-corrected chi connectivity index (χ3v) is 6.98. The zero-order valence-corrected chi connectivity index (χ0v) is 16.1. The highest BCUT2D eigenvalue weighted by Crippen LogP contribution is 2.21. The molecule has 0 spiro atoms. The Hall–Kier alpha value is -2.79. The van der Waals surface area contributed by atoms with Crippen LogP contribution in [0.2, 0.25) is 0 Å². The van der Waals surface area contributed by atoms with Crippen LogP contribution in [0.15, 0.2) is 65.7 Å². The molecule has 0 saturated carbocycles. The Kier molecular flexibility index (Phi) is 5.09. The van der Waals surface area contributed by atoms with Crippen LogP contribution in [0, 0.1) is 11.3 Å². The lowest BCUT2D eigenvalue weighted by Gasteiger charge is -2.34. The van der Waals surface area contributed by atoms with Gasteiger partial charge in [-0.2, -0.15) is 9.57 Å². The van der Waals surface area contributed by atoms with Crippen LogP contribution in [0.5, 0.6) is 0 Å². The van der Waals surface area contributed by atoms with Crippen LogP contribution in [0.4, 0.5) is 0 Å². The van der Waals surface area contributed by atoms with Crippen LogP contribution < -0.4 is 0 Å². The third kappa shape index (κ3) is 3.62. The number of piperazine rings is 1. The predicted octanol–water partition coefficient (Wildman–Crippen LogP) is 2.61. The van der Waals surface area contributed by atoms with Crippen LogP contribution in [0.25, 0.3) is 10.9 Å². The Morgan fingerprint density at radius 2 is 1.68 bits per heavy atom. The normalized spacial score (nSPS) is 16.1. The quantitative estimate of drug-likeness (QED) is 0.682. The monoisotopic (exact) mass is 392 g/mol. The van der Waals surface area contributed by atoms with Crippen molar-refractivity contribution in [2.75, 3.05) is 26.2 Å². The molecule has 7 heteroatoms. The minimum Gasteiger partial charge on any atom is -0.296 e. The maximum absolute atomic E-state index is 12.8. The summed E-state index contributed by atoms with van der Waals surface area (Å²) in [6, 6.07) is 18.2. The van der Waals surface area contributed by atoms with Crippen molar-refractivity contribution in [1.29, 1.82) is 5.26 Å². The van der Waals surface area contributed by atoms with Gasteiger partial charge in [0.1, 0.15) is 0 Å². The van der Waals surface area contributed by atoms with Crippen molar-refractivity contribution < 1.29 is 8.42 Å². The van der Waals surface area contributed by atoms with E-state index >= 15 is 0 Å². The summed E-state index contributed by atoms with van der Waals surface area (Å²) in [7, 11) is -3.53. The molecule has 1 saturated heterocycles. The van der Waals surface area contributed by atoms with Gasteiger partial charge in [0.25, 0.3) is 0 Å². The van der Waals surface area contributed by atoms with E-state index in [0.717, 1.165) is 23.0 Å². The van der Waals surface area contributed by atoms with Crippen molar-refractivity contribution in [3.8, 4) is 6.07 Å². The molecule has 0 atom stereocenters. The molecule has 0 amide bonds. The van der Waals surface area contributed by atoms with Gasteiger partial charge in [0.05, 0.1) is 22.0 Å². The number of benzene rings is 2. The second-order valence-electron chi connectivity index (χ2n) is 6.81. The van der Waals surface area contributed by atoms with Gasteiger partial charge in [-0.25, -0.2) is 8.42 Å². The second-order valence-corrected chi connectivity index (χ2v) is 8.75. The van der Waals surface area contributed by atoms with Gasteiger partial charge in [0.2, 0.25) is 10.0 Å². The van der Waals surface area contributed by atoms with Gasteiger partial charge in [-0.1, -0.05) is 24.3 Å². The van der Waals surface area contributed by atoms with E-state index < -0.39 is 10.0 Å². The SMILES string of the molecule is N#Cc1ccc(S(=O)(=O)N2CCN(Cc3cccc4cccnc34)CC2)cc1. The van der Waals surface area contributed by atoms with E-state index in [9.17, 15) is 8.42 Å². The molecule has 0 radical (unpaired) electrons. The molecule has 2 aromatic carbocycles. The number of para-hydroxylation sites is 1. The minimum absolute atomic E-state index is 0.234. The Balaban J connectivity index is 1.45. The molecule has 1 fully saturated rings. The van der Waals surface area contributed by atoms with Crippen molar-refractivity contribution in [2.45, 2.75) is 11.4 Å². The molecule has 0 aliphatic carbocycles. The number of nitriles is 1. The number of sulfonamides is 1. The van der Waals surface area contributed by atoms with Crippen LogP contribution >= 0.6 is 0 Å². The fraction of sp³-hybridized carbons (Fsp3) is 0.238. The molecule has 142 valence electrons. The maximum atomic E-state index is 12.8. The van der Waals surface area contributed by atoms with E-state index in [0.29, 0.717) is 31.7 Å². The molecular formula is C21H20N4O2S. The smallest absolute Gasteiger partial charge is 0.243 e. The third-order valence-electron chi connectivity index (χ3n) is 5.06. The summed E-state index contributed by atoms with van der Waals surface area (Å²) in [4.78, 5) is 6.99. The first-order valence-corrected chi connectivity index (χ1v) is 10.6. The molecule has 4 rings (SSSR count). The highest BCUT2D eigenvalue weighted by atomic mass is 32.2. The first kappa shape index (κ1) is 18.6. The number of pyridine rings is 1. The Morgan fingerprint density at radius 1 is 0.964 bits per heavy atom. The van der Waals surface area contributed by atoms with Crippen LogP contribution in [-0.4, -0.2) is 48.8 Å². The van der Waals surface area contributed by atoms with E-state index in [1.54, 1.807) is 6.20 Å². The molecule has 0 N–H and O–H groups in total. The Morgan fingerprint density at radius 3 is 2.39 bits per heavy atom. The predicted molar refractivity (Wildman–Crippen MR) is 107 cm³/mol. The average molecular weight is 392 g/mol. The minimum atomic E-state index is -3.53. The number of hydrogen-bond acceptors (Lipinski definition) is 5. The van der Waals surface area contributed by atoms with Gasteiger partial charge >= 0.3 is 0 Å². The van der Waals surface area contributed by atoms with E-state index in [1.807, 2.05) is 30.3 Å². The summed E-state index contributed by atoms with van der Waals surface area (Å²) in [5.41, 5.74) is 2.60. The Labute approximate surface area is 164 Å². The molecule has 0 bridgehead atoms. The van der Waals surface area contributed by atoms with Gasteiger partial charge in [0, 0.05) is 44.3 Å². The van der Waals surface area contributed by atoms with Crippen molar-refractivity contribution in [2.24, 2.45) is 0 Å². The summed E-state index contributed by atoms with van der Waals surface area (Å²) in [5, 5.41) is 9.99. The summed E-state index contributed by atoms with van der Waals surface area (Å²) in [6.45, 7) is 2.97. The molecule has 6 nitrogen and oxygen atoms in total. The van der Waals surface area contributed by atoms with Gasteiger partial charge in [-0.3, -0.25) is 9.88 Å². The van der Waals surface area contributed by atoms with Crippen LogP contribution in [-0.2, 0) is 16.6 Å². The van der Waals surface area contributed by atoms with Crippen molar-refractivity contribution in [3.63, 3.8) is 0 Å². The summed E-state index contributed by atoms with van der Waals surface area (Å²) < 4.78 is 27.2. The standard InChI is InChI=1S/C21H20N4O2S/c22-15-17-6-8-20(9-7-17)28(26,27)25-13-11-24(12-14-25)16-19-4-1-3-18-5-2-10-23-21(18)19/h1-10H,11-14,16H2. The maximum Gasteiger partial charge on any atom is 0.243 e. The van der Waals surface area contributed by atoms with E-state index in [-0.39, 0.29) is 4.90 Å². The first-order chi connectivity index (χ1) is 13.6. The molecule has 3 aromatic rings. The number of hydrogen-bond donors (Lipinski definition) is 0. The molecule has 1 aliphatic rings. The Bertz CT molecular complexity index is 1120. The number of nitrogens with zero attached hydrogens (tertiary/aromatic N) is 4. The van der Waals surface area contributed by atoms with Crippen molar-refractivity contribution in [1.82, 2.24) is 14.2 Å². The largest absolute Gasteiger partial charge is 0.296 e. The molecule has 28 heavy (non-hydrogen) atoms. The highest BCUT2D eigenvalue weighted by molar-refractivity contribution is 7.89. The average Bonchev–Trinajstić information content (AvgIpc) is 2.74. The van der Waals surface area contributed by atoms with Gasteiger partial charge < -0.3 is 0 Å². The van der Waals surface area contributed by atoms with Crippen molar-refractivity contribution in [3.05, 3.63) is 71.9 Å². The first-order valence-electron chi connectivity index (χ1n) is 9.13. The molecular weight excluding hydrogens is 372 g/mol. The molecule has 1 aliphatic heterocycles. The lowest BCUT2D eigenvalue weighted by molar-refractivity contribution is 0.182. The van der Waals surface area contributed by atoms with E-state index in [2.05, 4.69) is 16.0 Å². The van der Waals surface area contributed by atoms with Crippen molar-refractivity contribution >= 4 is 20.9 Å². The van der Waals surface area contributed by atoms with Gasteiger partial charge in [-0.05, 0) is 35.9 Å². The van der Waals surface area contributed by atoms with E-state index in [1.165, 1.54) is 28.6 Å². The summed E-state index contributed by atoms with van der Waals surface area (Å²) in [6.07, 6.45) is 1.80. The lowest BCUT2D eigenvalue weighted by atomic mass is 10.1.